The largest absolute Gasteiger partial charge is 0.497 e. The van der Waals surface area contributed by atoms with Gasteiger partial charge >= 0.3 is 11.9 Å². The monoisotopic (exact) mass is 406 g/mol. The first-order valence-electron chi connectivity index (χ1n) is 9.25. The Morgan fingerprint density at radius 2 is 1.76 bits per heavy atom. The molecule has 29 heavy (non-hydrogen) atoms. The van der Waals surface area contributed by atoms with Crippen LogP contribution in [0.3, 0.4) is 0 Å². The zero-order valence-corrected chi connectivity index (χ0v) is 17.1. The fraction of sp³-hybridized carbons (Fsp3) is 0.550. The molecule has 3 rings (SSSR count). The van der Waals surface area contributed by atoms with Gasteiger partial charge in [0.25, 0.3) is 5.91 Å². The minimum absolute atomic E-state index is 0.189. The van der Waals surface area contributed by atoms with Crippen molar-refractivity contribution in [3.63, 3.8) is 0 Å². The van der Waals surface area contributed by atoms with E-state index in [0.717, 1.165) is 0 Å². The van der Waals surface area contributed by atoms with Gasteiger partial charge in [-0.3, -0.25) is 19.7 Å². The highest BCUT2D eigenvalue weighted by Crippen LogP contribution is 2.41. The highest BCUT2D eigenvalue weighted by atomic mass is 16.5. The van der Waals surface area contributed by atoms with Crippen LogP contribution in [0.25, 0.3) is 0 Å². The zero-order valence-electron chi connectivity index (χ0n) is 17.1. The number of rotatable bonds is 6. The molecule has 2 heterocycles. The summed E-state index contributed by atoms with van der Waals surface area (Å²) in [5, 5.41) is 3.22. The molecule has 158 valence electrons. The van der Waals surface area contributed by atoms with E-state index in [2.05, 4.69) is 5.32 Å². The number of nitrogens with one attached hydrogen (secondary N) is 1. The lowest BCUT2D eigenvalue weighted by molar-refractivity contribution is -0.149. The second-order valence-electron chi connectivity index (χ2n) is 7.38. The lowest BCUT2D eigenvalue weighted by Crippen LogP contribution is -2.73. The van der Waals surface area contributed by atoms with E-state index >= 15 is 0 Å². The van der Waals surface area contributed by atoms with Gasteiger partial charge in [-0.1, -0.05) is 0 Å². The van der Waals surface area contributed by atoms with E-state index in [4.69, 9.17) is 18.9 Å². The van der Waals surface area contributed by atoms with E-state index in [9.17, 15) is 14.4 Å². The summed E-state index contributed by atoms with van der Waals surface area (Å²) < 4.78 is 20.5. The van der Waals surface area contributed by atoms with Crippen molar-refractivity contribution in [3.05, 3.63) is 24.3 Å². The van der Waals surface area contributed by atoms with Gasteiger partial charge in [0.05, 0.1) is 33.3 Å². The number of nitrogens with zero attached hydrogens (tertiary/aromatic N) is 1. The number of β-lactam (4-membered cyclic amide) rings is 1. The van der Waals surface area contributed by atoms with Crippen molar-refractivity contribution in [2.75, 3.05) is 33.3 Å². The molecule has 0 unspecified atom stereocenters. The third-order valence-corrected chi connectivity index (χ3v) is 5.75. The smallest absolute Gasteiger partial charge is 0.325 e. The van der Waals surface area contributed by atoms with Gasteiger partial charge in [-0.2, -0.15) is 0 Å². The molecule has 9 nitrogen and oxygen atoms in total. The fourth-order valence-corrected chi connectivity index (χ4v) is 4.28. The van der Waals surface area contributed by atoms with Gasteiger partial charge in [-0.25, -0.2) is 0 Å². The van der Waals surface area contributed by atoms with Crippen LogP contribution in [0.15, 0.2) is 24.3 Å². The summed E-state index contributed by atoms with van der Waals surface area (Å²) in [5.74, 6) is -1.16. The highest BCUT2D eigenvalue weighted by Gasteiger charge is 2.61. The minimum atomic E-state index is -1.08. The van der Waals surface area contributed by atoms with Gasteiger partial charge in [0.2, 0.25) is 0 Å². The molecule has 0 spiro atoms. The number of esters is 2. The summed E-state index contributed by atoms with van der Waals surface area (Å²) >= 11 is 0. The molecular weight excluding hydrogens is 380 g/mol. The predicted octanol–water partition coefficient (Wildman–Crippen LogP) is 0.508. The summed E-state index contributed by atoms with van der Waals surface area (Å²) in [6.45, 7) is 1.68. The molecule has 0 radical (unpaired) electrons. The summed E-state index contributed by atoms with van der Waals surface area (Å²) in [6.07, 6.45) is -0.559. The Hall–Kier alpha value is -2.65. The molecule has 5 atom stereocenters. The van der Waals surface area contributed by atoms with E-state index in [-0.39, 0.29) is 12.3 Å². The standard InChI is InChI=1S/C20H26N2O7/c1-20(19(25)29-5)10-13(18(24)28-4)14(21-20)15-16(27-3)17(23)22(15)11-6-8-12(26-2)9-7-11/h6-9,13-16,21H,10H2,1-5H3/t13-,14+,15+,16-,20-/m1/s1. The van der Waals surface area contributed by atoms with Gasteiger partial charge in [-0.15, -0.1) is 0 Å². The van der Waals surface area contributed by atoms with E-state index in [1.54, 1.807) is 43.2 Å². The Balaban J connectivity index is 1.97. The number of anilines is 1. The molecule has 0 aromatic heterocycles. The van der Waals surface area contributed by atoms with Gasteiger partial charge in [0.15, 0.2) is 6.10 Å². The summed E-state index contributed by atoms with van der Waals surface area (Å²) in [4.78, 5) is 39.2. The van der Waals surface area contributed by atoms with E-state index in [1.807, 2.05) is 0 Å². The molecule has 1 aromatic rings. The van der Waals surface area contributed by atoms with Crippen molar-refractivity contribution >= 4 is 23.5 Å². The zero-order chi connectivity index (χ0) is 21.3. The molecular formula is C20H26N2O7. The SMILES string of the molecule is COC(=O)[C@@H]1C[C@](C)(C(=O)OC)N[C@@H]1[C@H]1[C@@H](OC)C(=O)N1c1ccc(OC)cc1. The average molecular weight is 406 g/mol. The van der Waals surface area contributed by atoms with Crippen LogP contribution in [-0.2, 0) is 28.6 Å². The molecule has 1 N–H and O–H groups in total. The van der Waals surface area contributed by atoms with Gasteiger partial charge in [0, 0.05) is 18.8 Å². The fourth-order valence-electron chi connectivity index (χ4n) is 4.28. The van der Waals surface area contributed by atoms with Crippen LogP contribution < -0.4 is 15.0 Å². The van der Waals surface area contributed by atoms with E-state index in [1.165, 1.54) is 21.3 Å². The molecule has 2 aliphatic heterocycles. The molecule has 2 aliphatic rings. The van der Waals surface area contributed by atoms with Crippen LogP contribution in [0.5, 0.6) is 5.75 Å². The van der Waals surface area contributed by atoms with Crippen molar-refractivity contribution < 1.29 is 33.3 Å². The molecule has 0 saturated carbocycles. The second kappa shape index (κ2) is 8.00. The van der Waals surface area contributed by atoms with Crippen LogP contribution in [0.4, 0.5) is 5.69 Å². The number of ether oxygens (including phenoxy) is 4. The van der Waals surface area contributed by atoms with Gasteiger partial charge < -0.3 is 23.8 Å². The Labute approximate surface area is 169 Å². The van der Waals surface area contributed by atoms with Crippen molar-refractivity contribution in [1.29, 1.82) is 0 Å². The molecule has 0 bridgehead atoms. The highest BCUT2D eigenvalue weighted by molar-refractivity contribution is 6.05. The maximum atomic E-state index is 12.7. The van der Waals surface area contributed by atoms with Gasteiger partial charge in [0.1, 0.15) is 11.3 Å². The molecule has 0 aliphatic carbocycles. The molecule has 9 heteroatoms. The first-order chi connectivity index (χ1) is 13.8. The first kappa shape index (κ1) is 21.1. The van der Waals surface area contributed by atoms with Gasteiger partial charge in [-0.05, 0) is 37.6 Å². The van der Waals surface area contributed by atoms with Crippen LogP contribution in [0.1, 0.15) is 13.3 Å². The number of hydrogen-bond donors (Lipinski definition) is 1. The van der Waals surface area contributed by atoms with Crippen LogP contribution in [0, 0.1) is 5.92 Å². The Bertz CT molecular complexity index is 797. The average Bonchev–Trinajstić information content (AvgIpc) is 3.09. The summed E-state index contributed by atoms with van der Waals surface area (Å²) in [5.41, 5.74) is -0.438. The Morgan fingerprint density at radius 1 is 1.10 bits per heavy atom. The number of carbonyl (C=O) groups is 3. The number of carbonyl (C=O) groups excluding carboxylic acids is 3. The number of benzene rings is 1. The Kier molecular flexibility index (Phi) is 5.81. The van der Waals surface area contributed by atoms with E-state index in [0.29, 0.717) is 11.4 Å². The quantitative estimate of drug-likeness (QED) is 0.538. The lowest BCUT2D eigenvalue weighted by atomic mass is 9.83. The van der Waals surface area contributed by atoms with Crippen molar-refractivity contribution in [1.82, 2.24) is 5.32 Å². The molecule has 1 amide bonds. The normalized spacial score (nSPS) is 31.2. The number of hydrogen-bond acceptors (Lipinski definition) is 8. The molecule has 2 saturated heterocycles. The lowest BCUT2D eigenvalue weighted by Gasteiger charge is -2.50. The second-order valence-corrected chi connectivity index (χ2v) is 7.38. The molecule has 1 aromatic carbocycles. The minimum Gasteiger partial charge on any atom is -0.497 e. The Morgan fingerprint density at radius 3 is 2.28 bits per heavy atom. The van der Waals surface area contributed by atoms with Crippen LogP contribution in [0.2, 0.25) is 0 Å². The number of methoxy groups -OCH3 is 4. The van der Waals surface area contributed by atoms with Crippen LogP contribution >= 0.6 is 0 Å². The maximum absolute atomic E-state index is 12.7. The van der Waals surface area contributed by atoms with Crippen molar-refractivity contribution in [3.8, 4) is 5.75 Å². The van der Waals surface area contributed by atoms with E-state index < -0.39 is 41.6 Å². The maximum Gasteiger partial charge on any atom is 0.325 e. The summed E-state index contributed by atoms with van der Waals surface area (Å²) in [7, 11) is 5.60. The predicted molar refractivity (Wildman–Crippen MR) is 103 cm³/mol. The summed E-state index contributed by atoms with van der Waals surface area (Å²) in [6, 6.07) is 5.96. The third kappa shape index (κ3) is 3.44. The van der Waals surface area contributed by atoms with Crippen molar-refractivity contribution in [2.24, 2.45) is 5.92 Å². The number of amides is 1. The third-order valence-electron chi connectivity index (χ3n) is 5.75. The topological polar surface area (TPSA) is 103 Å². The van der Waals surface area contributed by atoms with Crippen molar-refractivity contribution in [2.45, 2.75) is 37.1 Å². The molecule has 2 fully saturated rings. The van der Waals surface area contributed by atoms with Crippen LogP contribution in [-0.4, -0.2) is 70.0 Å². The first-order valence-corrected chi connectivity index (χ1v) is 9.25.